The van der Waals surface area contributed by atoms with E-state index in [0.29, 0.717) is 0 Å². The molecule has 0 unspecified atom stereocenters. The highest BCUT2D eigenvalue weighted by molar-refractivity contribution is 6.16. The average molecular weight is 402 g/mol. The van der Waals surface area contributed by atoms with E-state index in [2.05, 4.69) is 74.0 Å². The third-order valence-corrected chi connectivity index (χ3v) is 4.61. The average Bonchev–Trinajstić information content (AvgIpc) is 2.83. The molecule has 0 aliphatic carbocycles. The van der Waals surface area contributed by atoms with Gasteiger partial charge in [0.15, 0.2) is 12.4 Å². The molecule has 2 aromatic carbocycles. The summed E-state index contributed by atoms with van der Waals surface area (Å²) in [4.78, 5) is 3.61. The van der Waals surface area contributed by atoms with Crippen LogP contribution in [0.15, 0.2) is 36.7 Å². The Labute approximate surface area is 147 Å². The number of H-pyrrole nitrogens is 1. The van der Waals surface area contributed by atoms with E-state index < -0.39 is 0 Å². The molecule has 2 aromatic heterocycles. The number of nitrogens with zero attached hydrogens (tertiary/aromatic N) is 1. The van der Waals surface area contributed by atoms with E-state index in [0.717, 1.165) is 0 Å². The zero-order valence-electron chi connectivity index (χ0n) is 13.3. The first kappa shape index (κ1) is 15.3. The maximum absolute atomic E-state index is 3.61. The first-order chi connectivity index (χ1) is 10.1. The van der Waals surface area contributed by atoms with E-state index in [1.54, 1.807) is 0 Å². The summed E-state index contributed by atoms with van der Waals surface area (Å²) >= 11 is 0. The molecule has 2 nitrogen and oxygen atoms in total. The Hall–Kier alpha value is -1.62. The van der Waals surface area contributed by atoms with Crippen molar-refractivity contribution in [2.24, 2.45) is 7.05 Å². The number of benzene rings is 2. The highest BCUT2D eigenvalue weighted by atomic mass is 127. The second kappa shape index (κ2) is 5.23. The number of aromatic amines is 1. The Bertz CT molecular complexity index is 1030. The number of hydrogen-bond acceptors (Lipinski definition) is 0. The van der Waals surface area contributed by atoms with Gasteiger partial charge in [0, 0.05) is 27.7 Å². The lowest BCUT2D eigenvalue weighted by atomic mass is 9.96. The number of pyridine rings is 1. The first-order valence-corrected chi connectivity index (χ1v) is 7.36. The van der Waals surface area contributed by atoms with Crippen molar-refractivity contribution < 1.29 is 28.5 Å². The Morgan fingerprint density at radius 3 is 2.45 bits per heavy atom. The zero-order valence-corrected chi connectivity index (χ0v) is 15.4. The minimum atomic E-state index is 0. The van der Waals surface area contributed by atoms with Crippen LogP contribution >= 0.6 is 0 Å². The van der Waals surface area contributed by atoms with Crippen molar-refractivity contribution in [1.82, 2.24) is 4.98 Å². The van der Waals surface area contributed by atoms with Gasteiger partial charge in [0.2, 0.25) is 0 Å². The lowest BCUT2D eigenvalue weighted by Gasteiger charge is -2.07. The standard InChI is InChI=1S/C19H18N2.HI/c1-11-5-6-17-15(9-11)18-12(2)16-10-21(4)8-7-14(16)13(3)19(18)20-17;/h5-10H,1-4H3;1H. The fourth-order valence-corrected chi connectivity index (χ4v) is 3.47. The van der Waals surface area contributed by atoms with E-state index in [1.807, 2.05) is 0 Å². The molecule has 0 aliphatic rings. The molecule has 0 bridgehead atoms. The number of nitrogens with one attached hydrogen (secondary N) is 1. The van der Waals surface area contributed by atoms with Crippen molar-refractivity contribution in [3.63, 3.8) is 0 Å². The SMILES string of the molecule is Cc1ccc2[nH]c3c(C)c4cc[n+](C)cc4c(C)c3c2c1.[I-]. The summed E-state index contributed by atoms with van der Waals surface area (Å²) in [6.07, 6.45) is 4.35. The van der Waals surface area contributed by atoms with Gasteiger partial charge in [-0.3, -0.25) is 0 Å². The normalized spacial score (nSPS) is 11.3. The van der Waals surface area contributed by atoms with Crippen LogP contribution in [0.5, 0.6) is 0 Å². The second-order valence-electron chi connectivity index (χ2n) is 6.11. The summed E-state index contributed by atoms with van der Waals surface area (Å²) in [5.41, 5.74) is 6.49. The third kappa shape index (κ3) is 2.02. The maximum Gasteiger partial charge on any atom is 0.176 e. The predicted octanol–water partition coefficient (Wildman–Crippen LogP) is 1.23. The number of fused-ring (bicyclic) bond motifs is 4. The van der Waals surface area contributed by atoms with Crippen molar-refractivity contribution in [1.29, 1.82) is 0 Å². The molecular formula is C19H19IN2. The molecule has 0 aliphatic heterocycles. The van der Waals surface area contributed by atoms with Gasteiger partial charge < -0.3 is 29.0 Å². The molecular weight excluding hydrogens is 383 g/mol. The number of hydrogen-bond donors (Lipinski definition) is 1. The molecule has 4 aromatic rings. The van der Waals surface area contributed by atoms with Gasteiger partial charge in [-0.1, -0.05) is 11.6 Å². The first-order valence-electron chi connectivity index (χ1n) is 7.36. The molecule has 0 saturated heterocycles. The molecule has 3 heteroatoms. The van der Waals surface area contributed by atoms with Crippen molar-refractivity contribution in [2.45, 2.75) is 20.8 Å². The lowest BCUT2D eigenvalue weighted by Crippen LogP contribution is -3.00. The van der Waals surface area contributed by atoms with Crippen molar-refractivity contribution in [2.75, 3.05) is 0 Å². The van der Waals surface area contributed by atoms with Crippen LogP contribution in [0.2, 0.25) is 0 Å². The van der Waals surface area contributed by atoms with E-state index in [9.17, 15) is 0 Å². The monoisotopic (exact) mass is 402 g/mol. The van der Waals surface area contributed by atoms with Gasteiger partial charge >= 0.3 is 0 Å². The summed E-state index contributed by atoms with van der Waals surface area (Å²) in [6, 6.07) is 8.86. The van der Waals surface area contributed by atoms with Gasteiger partial charge in [0.25, 0.3) is 0 Å². The zero-order chi connectivity index (χ0) is 14.7. The highest BCUT2D eigenvalue weighted by Gasteiger charge is 2.15. The van der Waals surface area contributed by atoms with Crippen LogP contribution in [0, 0.1) is 20.8 Å². The van der Waals surface area contributed by atoms with E-state index in [1.165, 1.54) is 49.3 Å². The molecule has 0 saturated carbocycles. The van der Waals surface area contributed by atoms with Crippen molar-refractivity contribution in [3.8, 4) is 0 Å². The van der Waals surface area contributed by atoms with E-state index in [-0.39, 0.29) is 24.0 Å². The predicted molar refractivity (Wildman–Crippen MR) is 88.7 cm³/mol. The van der Waals surface area contributed by atoms with Crippen LogP contribution in [0.25, 0.3) is 32.6 Å². The fourth-order valence-electron chi connectivity index (χ4n) is 3.47. The van der Waals surface area contributed by atoms with Crippen LogP contribution in [0.4, 0.5) is 0 Å². The van der Waals surface area contributed by atoms with Gasteiger partial charge in [0.1, 0.15) is 7.05 Å². The van der Waals surface area contributed by atoms with Crippen molar-refractivity contribution in [3.05, 3.63) is 53.3 Å². The molecule has 22 heavy (non-hydrogen) atoms. The molecule has 0 spiro atoms. The maximum atomic E-state index is 3.61. The Kier molecular flexibility index (Phi) is 3.63. The summed E-state index contributed by atoms with van der Waals surface area (Å²) in [7, 11) is 2.08. The van der Waals surface area contributed by atoms with Crippen LogP contribution < -0.4 is 28.5 Å². The van der Waals surface area contributed by atoms with E-state index in [4.69, 9.17) is 0 Å². The van der Waals surface area contributed by atoms with Crippen LogP contribution in [0.1, 0.15) is 16.7 Å². The molecule has 1 N–H and O–H groups in total. The largest absolute Gasteiger partial charge is 1.00 e. The summed E-state index contributed by atoms with van der Waals surface area (Å²) < 4.78 is 2.13. The van der Waals surface area contributed by atoms with Crippen LogP contribution in [-0.2, 0) is 7.05 Å². The molecule has 0 amide bonds. The minimum absolute atomic E-state index is 0. The van der Waals surface area contributed by atoms with Gasteiger partial charge in [-0.2, -0.15) is 0 Å². The summed E-state index contributed by atoms with van der Waals surface area (Å²) in [5, 5.41) is 5.37. The quantitative estimate of drug-likeness (QED) is 0.337. The number of aryl methyl sites for hydroxylation is 4. The molecule has 4 rings (SSSR count). The van der Waals surface area contributed by atoms with Crippen LogP contribution in [-0.4, -0.2) is 4.98 Å². The van der Waals surface area contributed by atoms with Crippen LogP contribution in [0.3, 0.4) is 0 Å². The van der Waals surface area contributed by atoms with Gasteiger partial charge in [-0.15, -0.1) is 0 Å². The number of aromatic nitrogens is 2. The van der Waals surface area contributed by atoms with E-state index >= 15 is 0 Å². The highest BCUT2D eigenvalue weighted by Crippen LogP contribution is 2.36. The molecule has 2 heterocycles. The lowest BCUT2D eigenvalue weighted by molar-refractivity contribution is -0.670. The second-order valence-corrected chi connectivity index (χ2v) is 6.11. The summed E-state index contributed by atoms with van der Waals surface area (Å²) in [6.45, 7) is 6.60. The Morgan fingerprint density at radius 1 is 0.909 bits per heavy atom. The summed E-state index contributed by atoms with van der Waals surface area (Å²) in [5.74, 6) is 0. The smallest absolute Gasteiger partial charge is 0.176 e. The molecule has 0 atom stereocenters. The molecule has 0 fully saturated rings. The topological polar surface area (TPSA) is 19.7 Å². The number of halogens is 1. The molecule has 112 valence electrons. The number of rotatable bonds is 0. The van der Waals surface area contributed by atoms with Gasteiger partial charge in [0.05, 0.1) is 5.52 Å². The van der Waals surface area contributed by atoms with Gasteiger partial charge in [-0.05, 0) is 49.4 Å². The fraction of sp³-hybridized carbons (Fsp3) is 0.211. The molecule has 0 radical (unpaired) electrons. The minimum Gasteiger partial charge on any atom is -1.00 e. The Morgan fingerprint density at radius 2 is 1.68 bits per heavy atom. The van der Waals surface area contributed by atoms with Crippen molar-refractivity contribution >= 4 is 32.6 Å². The Balaban J connectivity index is 0.00000144. The van der Waals surface area contributed by atoms with Gasteiger partial charge in [-0.25, -0.2) is 4.57 Å². The third-order valence-electron chi connectivity index (χ3n) is 4.61.